The van der Waals surface area contributed by atoms with Crippen LogP contribution < -0.4 is 5.32 Å². The van der Waals surface area contributed by atoms with Crippen LogP contribution in [0.4, 0.5) is 0 Å². The SMILES string of the molecule is COCCCNC(=O)CN1CCN(C(=O)C2CCN(S(=O)(=O)c3ccc(C)c(C)c3)CC2)CC1. The van der Waals surface area contributed by atoms with Crippen LogP contribution in [-0.4, -0.2) is 100 Å². The number of hydrogen-bond donors (Lipinski definition) is 1. The molecule has 0 spiro atoms. The molecule has 3 rings (SSSR count). The fourth-order valence-electron chi connectivity index (χ4n) is 4.45. The molecular formula is C24H38N4O5S. The van der Waals surface area contributed by atoms with Crippen molar-refractivity contribution in [1.82, 2.24) is 19.4 Å². The lowest BCUT2D eigenvalue weighted by Crippen LogP contribution is -2.53. The minimum atomic E-state index is -3.55. The number of nitrogens with one attached hydrogen (secondary N) is 1. The molecule has 1 N–H and O–H groups in total. The molecule has 0 aliphatic carbocycles. The summed E-state index contributed by atoms with van der Waals surface area (Å²) in [7, 11) is -1.91. The summed E-state index contributed by atoms with van der Waals surface area (Å²) in [5.41, 5.74) is 2.01. The van der Waals surface area contributed by atoms with Crippen LogP contribution in [0.5, 0.6) is 0 Å². The number of nitrogens with zero attached hydrogens (tertiary/aromatic N) is 3. The fourth-order valence-corrected chi connectivity index (χ4v) is 6.01. The Balaban J connectivity index is 1.43. The van der Waals surface area contributed by atoms with Crippen LogP contribution >= 0.6 is 0 Å². The summed E-state index contributed by atoms with van der Waals surface area (Å²) in [6, 6.07) is 5.22. The third kappa shape index (κ3) is 6.78. The third-order valence-corrected chi connectivity index (χ3v) is 8.71. The summed E-state index contributed by atoms with van der Waals surface area (Å²) in [6.07, 6.45) is 1.86. The molecular weight excluding hydrogens is 456 g/mol. The van der Waals surface area contributed by atoms with Crippen LogP contribution in [0.15, 0.2) is 23.1 Å². The second-order valence-electron chi connectivity index (χ2n) is 9.22. The molecule has 0 saturated carbocycles. The second-order valence-corrected chi connectivity index (χ2v) is 11.2. The molecule has 2 aliphatic heterocycles. The molecule has 2 aliphatic rings. The summed E-state index contributed by atoms with van der Waals surface area (Å²) in [5.74, 6) is -0.0537. The minimum Gasteiger partial charge on any atom is -0.385 e. The largest absolute Gasteiger partial charge is 0.385 e. The van der Waals surface area contributed by atoms with Crippen LogP contribution in [-0.2, 0) is 24.3 Å². The van der Waals surface area contributed by atoms with Gasteiger partial charge < -0.3 is 15.0 Å². The van der Waals surface area contributed by atoms with Crippen molar-refractivity contribution in [3.63, 3.8) is 0 Å². The van der Waals surface area contributed by atoms with Gasteiger partial charge in [-0.25, -0.2) is 8.42 Å². The van der Waals surface area contributed by atoms with Gasteiger partial charge in [-0.1, -0.05) is 6.07 Å². The van der Waals surface area contributed by atoms with E-state index in [2.05, 4.69) is 10.2 Å². The molecule has 2 fully saturated rings. The quantitative estimate of drug-likeness (QED) is 0.515. The highest BCUT2D eigenvalue weighted by Crippen LogP contribution is 2.26. The van der Waals surface area contributed by atoms with E-state index in [0.29, 0.717) is 76.7 Å². The van der Waals surface area contributed by atoms with Gasteiger partial charge in [0.05, 0.1) is 11.4 Å². The van der Waals surface area contributed by atoms with Gasteiger partial charge in [-0.2, -0.15) is 4.31 Å². The number of methoxy groups -OCH3 is 1. The van der Waals surface area contributed by atoms with E-state index in [1.54, 1.807) is 19.2 Å². The van der Waals surface area contributed by atoms with E-state index in [-0.39, 0.29) is 17.7 Å². The number of carbonyl (C=O) groups excluding carboxylic acids is 2. The smallest absolute Gasteiger partial charge is 0.243 e. The van der Waals surface area contributed by atoms with Gasteiger partial charge in [0, 0.05) is 65.4 Å². The lowest BCUT2D eigenvalue weighted by molar-refractivity contribution is -0.138. The number of aryl methyl sites for hydroxylation is 2. The Hall–Kier alpha value is -2.01. The van der Waals surface area contributed by atoms with Gasteiger partial charge in [0.2, 0.25) is 21.8 Å². The van der Waals surface area contributed by atoms with E-state index in [1.807, 2.05) is 24.8 Å². The zero-order valence-corrected chi connectivity index (χ0v) is 21.4. The van der Waals surface area contributed by atoms with Crippen LogP contribution in [0.3, 0.4) is 0 Å². The van der Waals surface area contributed by atoms with E-state index < -0.39 is 10.0 Å². The monoisotopic (exact) mass is 494 g/mol. The first kappa shape index (κ1) is 26.6. The molecule has 34 heavy (non-hydrogen) atoms. The molecule has 2 amide bonds. The number of ether oxygens (including phenoxy) is 1. The second kappa shape index (κ2) is 12.1. The topological polar surface area (TPSA) is 99.3 Å². The predicted octanol–water partition coefficient (Wildman–Crippen LogP) is 1.00. The van der Waals surface area contributed by atoms with Crippen LogP contribution in [0.25, 0.3) is 0 Å². The van der Waals surface area contributed by atoms with Crippen molar-refractivity contribution in [2.24, 2.45) is 5.92 Å². The fraction of sp³-hybridized carbons (Fsp3) is 0.667. The Morgan fingerprint density at radius 3 is 2.32 bits per heavy atom. The molecule has 2 saturated heterocycles. The third-order valence-electron chi connectivity index (χ3n) is 6.82. The molecule has 1 aromatic rings. The number of rotatable bonds is 9. The molecule has 0 unspecified atom stereocenters. The van der Waals surface area contributed by atoms with Crippen molar-refractivity contribution in [3.8, 4) is 0 Å². The predicted molar refractivity (Wildman–Crippen MR) is 130 cm³/mol. The van der Waals surface area contributed by atoms with Crippen molar-refractivity contribution in [2.75, 3.05) is 66.1 Å². The van der Waals surface area contributed by atoms with Gasteiger partial charge in [-0.3, -0.25) is 14.5 Å². The Bertz CT molecular complexity index is 952. The van der Waals surface area contributed by atoms with Crippen molar-refractivity contribution < 1.29 is 22.7 Å². The molecule has 0 bridgehead atoms. The number of piperazine rings is 1. The van der Waals surface area contributed by atoms with E-state index in [9.17, 15) is 18.0 Å². The molecule has 0 aromatic heterocycles. The molecule has 10 heteroatoms. The Labute approximate surface area is 203 Å². The maximum Gasteiger partial charge on any atom is 0.243 e. The zero-order chi connectivity index (χ0) is 24.7. The summed E-state index contributed by atoms with van der Waals surface area (Å²) < 4.78 is 32.6. The van der Waals surface area contributed by atoms with Crippen molar-refractivity contribution in [2.45, 2.75) is 38.0 Å². The maximum atomic E-state index is 13.0. The number of carbonyl (C=O) groups is 2. The Kier molecular flexibility index (Phi) is 9.47. The number of piperidine rings is 1. The van der Waals surface area contributed by atoms with Gasteiger partial charge in [0.1, 0.15) is 0 Å². The normalized spacial score (nSPS) is 18.7. The highest BCUT2D eigenvalue weighted by atomic mass is 32.2. The van der Waals surface area contributed by atoms with Gasteiger partial charge in [-0.05, 0) is 56.4 Å². The summed E-state index contributed by atoms with van der Waals surface area (Å²) >= 11 is 0. The minimum absolute atomic E-state index is 0.00627. The lowest BCUT2D eigenvalue weighted by Gasteiger charge is -2.38. The maximum absolute atomic E-state index is 13.0. The van der Waals surface area contributed by atoms with Crippen molar-refractivity contribution in [1.29, 1.82) is 0 Å². The van der Waals surface area contributed by atoms with E-state index in [4.69, 9.17) is 4.74 Å². The van der Waals surface area contributed by atoms with Crippen molar-refractivity contribution >= 4 is 21.8 Å². The first-order valence-corrected chi connectivity index (χ1v) is 13.5. The van der Waals surface area contributed by atoms with Gasteiger partial charge in [0.25, 0.3) is 0 Å². The first-order chi connectivity index (χ1) is 16.2. The molecule has 2 heterocycles. The Morgan fingerprint density at radius 2 is 1.71 bits per heavy atom. The highest BCUT2D eigenvalue weighted by molar-refractivity contribution is 7.89. The van der Waals surface area contributed by atoms with Gasteiger partial charge in [0.15, 0.2) is 0 Å². The van der Waals surface area contributed by atoms with Gasteiger partial charge in [-0.15, -0.1) is 0 Å². The molecule has 0 radical (unpaired) electrons. The average molecular weight is 495 g/mol. The number of sulfonamides is 1. The van der Waals surface area contributed by atoms with Gasteiger partial charge >= 0.3 is 0 Å². The molecule has 9 nitrogen and oxygen atoms in total. The van der Waals surface area contributed by atoms with Crippen LogP contribution in [0.2, 0.25) is 0 Å². The number of benzene rings is 1. The van der Waals surface area contributed by atoms with E-state index >= 15 is 0 Å². The zero-order valence-electron chi connectivity index (χ0n) is 20.6. The first-order valence-electron chi connectivity index (χ1n) is 12.1. The summed E-state index contributed by atoms with van der Waals surface area (Å²) in [5, 5.41) is 2.89. The lowest BCUT2D eigenvalue weighted by atomic mass is 9.96. The van der Waals surface area contributed by atoms with Crippen LogP contribution in [0.1, 0.15) is 30.4 Å². The molecule has 190 valence electrons. The molecule has 1 aromatic carbocycles. The van der Waals surface area contributed by atoms with E-state index in [1.165, 1.54) is 4.31 Å². The number of hydrogen-bond acceptors (Lipinski definition) is 6. The summed E-state index contributed by atoms with van der Waals surface area (Å²) in [6.45, 7) is 8.66. The Morgan fingerprint density at radius 1 is 1.03 bits per heavy atom. The standard InChI is InChI=1S/C24H38N4O5S/c1-19-5-6-22(17-20(19)2)34(31,32)28-10-7-21(8-11-28)24(30)27-14-12-26(13-15-27)18-23(29)25-9-4-16-33-3/h5-6,17,21H,4,7-16,18H2,1-3H3,(H,25,29). The van der Waals surface area contributed by atoms with E-state index in [0.717, 1.165) is 17.5 Å². The van der Waals surface area contributed by atoms with Crippen LogP contribution in [0, 0.1) is 19.8 Å². The highest BCUT2D eigenvalue weighted by Gasteiger charge is 2.34. The number of amides is 2. The summed E-state index contributed by atoms with van der Waals surface area (Å²) in [4.78, 5) is 29.3. The average Bonchev–Trinajstić information content (AvgIpc) is 2.83. The molecule has 0 atom stereocenters. The van der Waals surface area contributed by atoms with Crippen molar-refractivity contribution in [3.05, 3.63) is 29.3 Å².